The normalized spacial score (nSPS) is 21.5. The SMILES string of the molecule is C=CC1C[C@]1(NC(=O)[C@@H]1C[C@@H](Oc2cc(-c3ccccc3)nc3cc(OC)ccc23)CN1C(=O)N[C@H](C(=O)NCCN(CC)CC)C(C)(C)C)C(=O)O. The van der Waals surface area contributed by atoms with Crippen LogP contribution in [0.2, 0.25) is 0 Å². The molecular weight excluding hydrogens is 676 g/mol. The van der Waals surface area contributed by atoms with Gasteiger partial charge in [-0.1, -0.05) is 71.0 Å². The van der Waals surface area contributed by atoms with Crippen LogP contribution in [0.1, 0.15) is 47.5 Å². The molecule has 13 heteroatoms. The number of carboxylic acids is 1. The number of likely N-dealkylation sites (tertiary alicyclic amines) is 1. The van der Waals surface area contributed by atoms with E-state index in [2.05, 4.69) is 41.3 Å². The molecule has 13 nitrogen and oxygen atoms in total. The van der Waals surface area contributed by atoms with Gasteiger partial charge < -0.3 is 40.3 Å². The van der Waals surface area contributed by atoms with E-state index in [1.165, 1.54) is 11.0 Å². The Morgan fingerprint density at radius 2 is 1.83 bits per heavy atom. The number of aromatic nitrogens is 1. The number of rotatable bonds is 15. The quantitative estimate of drug-likeness (QED) is 0.166. The maximum Gasteiger partial charge on any atom is 0.330 e. The van der Waals surface area contributed by atoms with Gasteiger partial charge in [0.2, 0.25) is 11.8 Å². The number of nitrogens with one attached hydrogen (secondary N) is 3. The number of hydrogen-bond donors (Lipinski definition) is 4. The van der Waals surface area contributed by atoms with Crippen LogP contribution < -0.4 is 25.4 Å². The number of carboxylic acid groups (broad SMARTS) is 1. The van der Waals surface area contributed by atoms with Crippen LogP contribution >= 0.6 is 0 Å². The maximum atomic E-state index is 14.2. The number of carbonyl (C=O) groups excluding carboxylic acids is 3. The molecular formula is C40H52N6O7. The second-order valence-corrected chi connectivity index (χ2v) is 14.8. The molecule has 2 heterocycles. The molecule has 0 bridgehead atoms. The van der Waals surface area contributed by atoms with Gasteiger partial charge in [0.25, 0.3) is 0 Å². The van der Waals surface area contributed by atoms with Gasteiger partial charge in [-0.2, -0.15) is 0 Å². The second kappa shape index (κ2) is 16.2. The summed E-state index contributed by atoms with van der Waals surface area (Å²) in [5, 5.41) is 19.3. The van der Waals surface area contributed by atoms with E-state index in [1.54, 1.807) is 13.2 Å². The number of benzene rings is 2. The molecule has 1 aliphatic carbocycles. The summed E-state index contributed by atoms with van der Waals surface area (Å²) in [7, 11) is 1.58. The van der Waals surface area contributed by atoms with Crippen LogP contribution in [-0.4, -0.2) is 107 Å². The first-order chi connectivity index (χ1) is 25.2. The zero-order chi connectivity index (χ0) is 38.5. The molecule has 2 aromatic carbocycles. The minimum Gasteiger partial charge on any atom is -0.497 e. The van der Waals surface area contributed by atoms with Crippen molar-refractivity contribution in [3.05, 3.63) is 67.3 Å². The maximum absolute atomic E-state index is 14.2. The fraction of sp³-hybridized carbons (Fsp3) is 0.475. The zero-order valence-electron chi connectivity index (χ0n) is 31.5. The Labute approximate surface area is 311 Å². The van der Waals surface area contributed by atoms with Crippen molar-refractivity contribution < 1.29 is 33.8 Å². The number of hydrogen-bond acceptors (Lipinski definition) is 8. The van der Waals surface area contributed by atoms with Gasteiger partial charge in [0.05, 0.1) is 24.9 Å². The molecule has 1 saturated heterocycles. The molecule has 0 radical (unpaired) electrons. The van der Waals surface area contributed by atoms with Gasteiger partial charge in [-0.3, -0.25) is 9.59 Å². The van der Waals surface area contributed by atoms with Crippen molar-refractivity contribution in [3.63, 3.8) is 0 Å². The smallest absolute Gasteiger partial charge is 0.330 e. The van der Waals surface area contributed by atoms with E-state index in [4.69, 9.17) is 14.5 Å². The molecule has 5 atom stereocenters. The average Bonchev–Trinajstić information content (AvgIpc) is 3.70. The molecule has 4 N–H and O–H groups in total. The minimum atomic E-state index is -1.50. The number of amides is 4. The number of fused-ring (bicyclic) bond motifs is 1. The van der Waals surface area contributed by atoms with Crippen molar-refractivity contribution in [3.8, 4) is 22.8 Å². The molecule has 0 spiro atoms. The van der Waals surface area contributed by atoms with Crippen LogP contribution in [0.4, 0.5) is 4.79 Å². The van der Waals surface area contributed by atoms with Crippen LogP contribution in [0.25, 0.3) is 22.2 Å². The molecule has 1 unspecified atom stereocenters. The van der Waals surface area contributed by atoms with E-state index in [9.17, 15) is 24.3 Å². The minimum absolute atomic E-state index is 0.00401. The predicted molar refractivity (Wildman–Crippen MR) is 203 cm³/mol. The lowest BCUT2D eigenvalue weighted by molar-refractivity contribution is -0.144. The fourth-order valence-corrected chi connectivity index (χ4v) is 6.87. The van der Waals surface area contributed by atoms with Crippen LogP contribution in [-0.2, 0) is 14.4 Å². The van der Waals surface area contributed by atoms with E-state index < -0.39 is 53.0 Å². The summed E-state index contributed by atoms with van der Waals surface area (Å²) >= 11 is 0. The summed E-state index contributed by atoms with van der Waals surface area (Å²) < 4.78 is 12.1. The van der Waals surface area contributed by atoms with Crippen molar-refractivity contribution in [1.29, 1.82) is 0 Å². The number of likely N-dealkylation sites (N-methyl/N-ethyl adjacent to an activating group) is 1. The van der Waals surface area contributed by atoms with Gasteiger partial charge in [0.15, 0.2) is 0 Å². The van der Waals surface area contributed by atoms with Gasteiger partial charge >= 0.3 is 12.0 Å². The molecule has 2 fully saturated rings. The Morgan fingerprint density at radius 3 is 2.43 bits per heavy atom. The van der Waals surface area contributed by atoms with E-state index in [0.29, 0.717) is 41.2 Å². The second-order valence-electron chi connectivity index (χ2n) is 14.8. The molecule has 1 saturated carbocycles. The zero-order valence-corrected chi connectivity index (χ0v) is 31.5. The summed E-state index contributed by atoms with van der Waals surface area (Å²) in [5.74, 6) is -1.45. The van der Waals surface area contributed by atoms with Crippen molar-refractivity contribution in [2.75, 3.05) is 39.8 Å². The molecule has 53 heavy (non-hydrogen) atoms. The van der Waals surface area contributed by atoms with Gasteiger partial charge in [-0.25, -0.2) is 14.6 Å². The first-order valence-corrected chi connectivity index (χ1v) is 18.2. The Morgan fingerprint density at radius 1 is 1.11 bits per heavy atom. The van der Waals surface area contributed by atoms with Crippen molar-refractivity contribution in [2.24, 2.45) is 11.3 Å². The highest BCUT2D eigenvalue weighted by molar-refractivity contribution is 5.95. The Bertz CT molecular complexity index is 1830. The largest absolute Gasteiger partial charge is 0.497 e. The van der Waals surface area contributed by atoms with Crippen LogP contribution in [0, 0.1) is 11.3 Å². The van der Waals surface area contributed by atoms with Gasteiger partial charge in [-0.05, 0) is 37.1 Å². The highest BCUT2D eigenvalue weighted by Gasteiger charge is 2.61. The number of urea groups is 1. The molecule has 284 valence electrons. The standard InChI is InChI=1S/C40H52N6O7/c1-8-26-23-40(26,37(49)50)44-35(47)32-21-28(24-46(32)38(51)43-34(39(4,5)6)36(48)41-18-19-45(9-2)10-3)53-33-22-30(25-14-12-11-13-15-25)42-31-20-27(52-7)16-17-29(31)33/h8,11-17,20,22,26,28,32,34H,1,9-10,18-19,21,23-24H2,2-7H3,(H,41,48)(H,43,51)(H,44,47)(H,49,50)/t26?,28-,32+,34-,40-/m1/s1. The molecule has 1 aromatic heterocycles. The van der Waals surface area contributed by atoms with E-state index in [0.717, 1.165) is 18.7 Å². The molecule has 1 aliphatic heterocycles. The summed E-state index contributed by atoms with van der Waals surface area (Å²) in [6, 6.07) is 14.3. The van der Waals surface area contributed by atoms with Gasteiger partial charge in [0, 0.05) is 48.5 Å². The Kier molecular flexibility index (Phi) is 12.0. The summed E-state index contributed by atoms with van der Waals surface area (Å²) in [6.45, 7) is 16.2. The van der Waals surface area contributed by atoms with E-state index >= 15 is 0 Å². The molecule has 3 aromatic rings. The average molecular weight is 729 g/mol. The Balaban J connectivity index is 1.44. The number of methoxy groups -OCH3 is 1. The number of pyridine rings is 1. The third kappa shape index (κ3) is 8.73. The summed E-state index contributed by atoms with van der Waals surface area (Å²) in [4.78, 5) is 62.4. The summed E-state index contributed by atoms with van der Waals surface area (Å²) in [6.07, 6.45) is 1.12. The highest BCUT2D eigenvalue weighted by Crippen LogP contribution is 2.45. The van der Waals surface area contributed by atoms with Crippen LogP contribution in [0.15, 0.2) is 67.3 Å². The van der Waals surface area contributed by atoms with E-state index in [1.807, 2.05) is 69.3 Å². The van der Waals surface area contributed by atoms with Crippen molar-refractivity contribution >= 4 is 34.7 Å². The van der Waals surface area contributed by atoms with Crippen LogP contribution in [0.3, 0.4) is 0 Å². The highest BCUT2D eigenvalue weighted by atomic mass is 16.5. The Hall–Kier alpha value is -5.17. The third-order valence-corrected chi connectivity index (χ3v) is 10.2. The van der Waals surface area contributed by atoms with Crippen LogP contribution in [0.5, 0.6) is 11.5 Å². The van der Waals surface area contributed by atoms with Crippen molar-refractivity contribution in [2.45, 2.75) is 71.2 Å². The number of nitrogens with zero attached hydrogens (tertiary/aromatic N) is 3. The fourth-order valence-electron chi connectivity index (χ4n) is 6.87. The van der Waals surface area contributed by atoms with E-state index in [-0.39, 0.29) is 25.3 Å². The number of ether oxygens (including phenoxy) is 2. The third-order valence-electron chi connectivity index (χ3n) is 10.2. The molecule has 4 amide bonds. The first kappa shape index (κ1) is 39.0. The van der Waals surface area contributed by atoms with Crippen molar-refractivity contribution in [1.82, 2.24) is 30.7 Å². The van der Waals surface area contributed by atoms with Gasteiger partial charge in [0.1, 0.15) is 35.2 Å². The topological polar surface area (TPSA) is 162 Å². The molecule has 2 aliphatic rings. The lowest BCUT2D eigenvalue weighted by Gasteiger charge is -2.33. The number of carbonyl (C=O) groups is 4. The molecule has 5 rings (SSSR count). The predicted octanol–water partition coefficient (Wildman–Crippen LogP) is 4.46. The van der Waals surface area contributed by atoms with Gasteiger partial charge in [-0.15, -0.1) is 6.58 Å². The lowest BCUT2D eigenvalue weighted by Crippen LogP contribution is -2.59. The first-order valence-electron chi connectivity index (χ1n) is 18.2. The number of aliphatic carboxylic acids is 1. The lowest BCUT2D eigenvalue weighted by atomic mass is 9.86. The summed E-state index contributed by atoms with van der Waals surface area (Å²) in [5.41, 5.74) is -0.00318. The monoisotopic (exact) mass is 728 g/mol.